The molecule has 1 heterocycles. The molecule has 1 aliphatic heterocycles. The van der Waals surface area contributed by atoms with Crippen LogP contribution in [-0.4, -0.2) is 30.6 Å². The van der Waals surface area contributed by atoms with E-state index in [1.165, 1.54) is 58.0 Å². The lowest BCUT2D eigenvalue weighted by atomic mass is 9.73. The van der Waals surface area contributed by atoms with Gasteiger partial charge in [-0.25, -0.2) is 0 Å². The second kappa shape index (κ2) is 6.58. The molecule has 0 aromatic heterocycles. The van der Waals surface area contributed by atoms with Crippen LogP contribution in [0, 0.1) is 17.3 Å². The first kappa shape index (κ1) is 15.3. The molecule has 2 N–H and O–H groups in total. The predicted molar refractivity (Wildman–Crippen MR) is 83.2 cm³/mol. The van der Waals surface area contributed by atoms with Gasteiger partial charge in [0.05, 0.1) is 0 Å². The highest BCUT2D eigenvalue weighted by atomic mass is 15.2. The fourth-order valence-electron chi connectivity index (χ4n) is 4.14. The zero-order chi connectivity index (χ0) is 13.9. The maximum Gasteiger partial charge on any atom is 0.0138 e. The Labute approximate surface area is 120 Å². The van der Waals surface area contributed by atoms with Crippen molar-refractivity contribution in [1.29, 1.82) is 0 Å². The van der Waals surface area contributed by atoms with Crippen LogP contribution in [0.15, 0.2) is 0 Å². The summed E-state index contributed by atoms with van der Waals surface area (Å²) < 4.78 is 0. The van der Waals surface area contributed by atoms with E-state index in [0.29, 0.717) is 5.41 Å². The van der Waals surface area contributed by atoms with Gasteiger partial charge in [-0.2, -0.15) is 0 Å². The molecule has 2 nitrogen and oxygen atoms in total. The number of nitrogens with two attached hydrogens (primary N) is 1. The summed E-state index contributed by atoms with van der Waals surface area (Å²) in [6, 6.07) is 0.783. The topological polar surface area (TPSA) is 29.3 Å². The molecule has 3 unspecified atom stereocenters. The first-order valence-electron chi connectivity index (χ1n) is 8.56. The second-order valence-corrected chi connectivity index (χ2v) is 7.35. The molecule has 0 bridgehead atoms. The first-order valence-corrected chi connectivity index (χ1v) is 8.56. The summed E-state index contributed by atoms with van der Waals surface area (Å²) in [6.07, 6.45) is 9.64. The number of nitrogens with zero attached hydrogens (tertiary/aromatic N) is 1. The van der Waals surface area contributed by atoms with Crippen LogP contribution < -0.4 is 5.73 Å². The van der Waals surface area contributed by atoms with Crippen LogP contribution in [0.1, 0.15) is 65.7 Å². The van der Waals surface area contributed by atoms with Gasteiger partial charge < -0.3 is 10.6 Å². The smallest absolute Gasteiger partial charge is 0.0138 e. The lowest BCUT2D eigenvalue weighted by molar-refractivity contribution is 0.0271. The third kappa shape index (κ3) is 3.52. The predicted octanol–water partition coefficient (Wildman–Crippen LogP) is 3.65. The zero-order valence-electron chi connectivity index (χ0n) is 13.3. The lowest BCUT2D eigenvalue weighted by Crippen LogP contribution is -2.51. The van der Waals surface area contributed by atoms with Crippen LogP contribution in [0.3, 0.4) is 0 Å². The number of hydrogen-bond acceptors (Lipinski definition) is 2. The van der Waals surface area contributed by atoms with Gasteiger partial charge >= 0.3 is 0 Å². The van der Waals surface area contributed by atoms with E-state index in [4.69, 9.17) is 5.73 Å². The van der Waals surface area contributed by atoms with E-state index in [2.05, 4.69) is 25.7 Å². The maximum atomic E-state index is 6.04. The Morgan fingerprint density at radius 3 is 2.37 bits per heavy atom. The number of hydrogen-bond donors (Lipinski definition) is 1. The summed E-state index contributed by atoms with van der Waals surface area (Å²) in [5.41, 5.74) is 6.64. The third-order valence-corrected chi connectivity index (χ3v) is 6.27. The average molecular weight is 266 g/mol. The monoisotopic (exact) mass is 266 g/mol. The minimum Gasteiger partial charge on any atom is -0.330 e. The molecule has 3 atom stereocenters. The van der Waals surface area contributed by atoms with Gasteiger partial charge in [0.2, 0.25) is 0 Å². The van der Waals surface area contributed by atoms with Gasteiger partial charge in [0.1, 0.15) is 0 Å². The SMILES string of the molecule is CCC1CCC(CN)C(N2CCC(C)(CC)CC2)C1. The van der Waals surface area contributed by atoms with E-state index in [-0.39, 0.29) is 0 Å². The van der Waals surface area contributed by atoms with Crippen LogP contribution in [-0.2, 0) is 0 Å². The van der Waals surface area contributed by atoms with Crippen molar-refractivity contribution in [3.05, 3.63) is 0 Å². The Morgan fingerprint density at radius 2 is 1.84 bits per heavy atom. The zero-order valence-corrected chi connectivity index (χ0v) is 13.3. The second-order valence-electron chi connectivity index (χ2n) is 7.35. The van der Waals surface area contributed by atoms with E-state index >= 15 is 0 Å². The van der Waals surface area contributed by atoms with E-state index < -0.39 is 0 Å². The summed E-state index contributed by atoms with van der Waals surface area (Å²) in [4.78, 5) is 2.79. The molecule has 1 saturated carbocycles. The summed E-state index contributed by atoms with van der Waals surface area (Å²) in [5, 5.41) is 0. The minimum absolute atomic E-state index is 0.605. The van der Waals surface area contributed by atoms with Crippen molar-refractivity contribution in [3.63, 3.8) is 0 Å². The van der Waals surface area contributed by atoms with Gasteiger partial charge in [-0.05, 0) is 62.6 Å². The van der Waals surface area contributed by atoms with Crippen molar-refractivity contribution in [2.45, 2.75) is 71.8 Å². The third-order valence-electron chi connectivity index (χ3n) is 6.27. The van der Waals surface area contributed by atoms with Gasteiger partial charge in [0, 0.05) is 6.04 Å². The molecule has 2 aliphatic rings. The van der Waals surface area contributed by atoms with Crippen molar-refractivity contribution in [2.75, 3.05) is 19.6 Å². The molecular formula is C17H34N2. The highest BCUT2D eigenvalue weighted by Gasteiger charge is 2.37. The Morgan fingerprint density at radius 1 is 1.16 bits per heavy atom. The van der Waals surface area contributed by atoms with Crippen LogP contribution in [0.4, 0.5) is 0 Å². The number of rotatable bonds is 4. The minimum atomic E-state index is 0.605. The molecule has 2 heteroatoms. The van der Waals surface area contributed by atoms with Crippen molar-refractivity contribution >= 4 is 0 Å². The molecular weight excluding hydrogens is 232 g/mol. The van der Waals surface area contributed by atoms with Crippen LogP contribution >= 0.6 is 0 Å². The first-order chi connectivity index (χ1) is 9.11. The van der Waals surface area contributed by atoms with Gasteiger partial charge in [-0.1, -0.05) is 40.0 Å². The molecule has 0 spiro atoms. The Bertz CT molecular complexity index is 268. The van der Waals surface area contributed by atoms with Gasteiger partial charge in [-0.15, -0.1) is 0 Å². The van der Waals surface area contributed by atoms with E-state index in [0.717, 1.165) is 24.4 Å². The molecule has 2 fully saturated rings. The molecule has 1 aliphatic carbocycles. The van der Waals surface area contributed by atoms with Crippen molar-refractivity contribution < 1.29 is 0 Å². The van der Waals surface area contributed by atoms with E-state index in [9.17, 15) is 0 Å². The molecule has 0 aromatic rings. The van der Waals surface area contributed by atoms with Crippen molar-refractivity contribution in [1.82, 2.24) is 4.90 Å². The van der Waals surface area contributed by atoms with Gasteiger partial charge in [-0.3, -0.25) is 0 Å². The van der Waals surface area contributed by atoms with Crippen LogP contribution in [0.2, 0.25) is 0 Å². The van der Waals surface area contributed by atoms with E-state index in [1.807, 2.05) is 0 Å². The Kier molecular flexibility index (Phi) is 5.30. The largest absolute Gasteiger partial charge is 0.330 e. The Hall–Kier alpha value is -0.0800. The lowest BCUT2D eigenvalue weighted by Gasteiger charge is -2.47. The molecule has 19 heavy (non-hydrogen) atoms. The molecule has 0 amide bonds. The van der Waals surface area contributed by atoms with Gasteiger partial charge in [0.25, 0.3) is 0 Å². The van der Waals surface area contributed by atoms with Crippen LogP contribution in [0.25, 0.3) is 0 Å². The standard InChI is InChI=1S/C17H34N2/c1-4-14-6-7-15(13-18)16(12-14)19-10-8-17(3,5-2)9-11-19/h14-16H,4-13,18H2,1-3H3. The average Bonchev–Trinajstić information content (AvgIpc) is 2.47. The molecule has 0 radical (unpaired) electrons. The molecule has 1 saturated heterocycles. The fourth-order valence-corrected chi connectivity index (χ4v) is 4.14. The fraction of sp³-hybridized carbons (Fsp3) is 1.00. The highest BCUT2D eigenvalue weighted by molar-refractivity contribution is 4.91. The van der Waals surface area contributed by atoms with E-state index in [1.54, 1.807) is 0 Å². The summed E-state index contributed by atoms with van der Waals surface area (Å²) in [6.45, 7) is 10.7. The quantitative estimate of drug-likeness (QED) is 0.841. The highest BCUT2D eigenvalue weighted by Crippen LogP contribution is 2.39. The summed E-state index contributed by atoms with van der Waals surface area (Å²) in [7, 11) is 0. The molecule has 112 valence electrons. The van der Waals surface area contributed by atoms with Crippen LogP contribution in [0.5, 0.6) is 0 Å². The molecule has 0 aromatic carbocycles. The summed E-state index contributed by atoms with van der Waals surface area (Å²) >= 11 is 0. The van der Waals surface area contributed by atoms with Gasteiger partial charge in [0.15, 0.2) is 0 Å². The summed E-state index contributed by atoms with van der Waals surface area (Å²) in [5.74, 6) is 1.71. The number of likely N-dealkylation sites (tertiary alicyclic amines) is 1. The van der Waals surface area contributed by atoms with Crippen molar-refractivity contribution in [2.24, 2.45) is 23.0 Å². The molecule has 2 rings (SSSR count). The normalized spacial score (nSPS) is 36.3. The number of piperidine rings is 1. The van der Waals surface area contributed by atoms with Crippen molar-refractivity contribution in [3.8, 4) is 0 Å². The Balaban J connectivity index is 1.95. The maximum absolute atomic E-state index is 6.04.